The van der Waals surface area contributed by atoms with Gasteiger partial charge < -0.3 is 9.47 Å². The molecule has 0 amide bonds. The molecule has 0 bridgehead atoms. The van der Waals surface area contributed by atoms with E-state index < -0.39 is 5.54 Å². The summed E-state index contributed by atoms with van der Waals surface area (Å²) < 4.78 is 11.3. The number of hydrogen-bond donors (Lipinski definition) is 0. The van der Waals surface area contributed by atoms with Crippen molar-refractivity contribution in [3.63, 3.8) is 0 Å². The van der Waals surface area contributed by atoms with Crippen LogP contribution in [-0.2, 0) is 10.3 Å². The summed E-state index contributed by atoms with van der Waals surface area (Å²) >= 11 is 0. The van der Waals surface area contributed by atoms with Gasteiger partial charge in [0.05, 0.1) is 5.54 Å². The lowest BCUT2D eigenvalue weighted by atomic mass is 9.73. The molecule has 35 heavy (non-hydrogen) atoms. The fourth-order valence-corrected chi connectivity index (χ4v) is 5.70. The largest absolute Gasteiger partial charge is 0.467 e. The van der Waals surface area contributed by atoms with Crippen molar-refractivity contribution >= 4 is 0 Å². The van der Waals surface area contributed by atoms with Crippen LogP contribution in [0, 0.1) is 0 Å². The maximum Gasteiger partial charge on any atom is 0.188 e. The molecular weight excluding hydrogens is 430 g/mol. The quantitative estimate of drug-likeness (QED) is 0.204. The molecule has 0 aromatic heterocycles. The van der Waals surface area contributed by atoms with Crippen LogP contribution in [-0.4, -0.2) is 25.3 Å². The summed E-state index contributed by atoms with van der Waals surface area (Å²) in [6.07, 6.45) is 3.42. The van der Waals surface area contributed by atoms with Crippen molar-refractivity contribution in [2.75, 3.05) is 20.4 Å². The molecule has 0 N–H and O–H groups in total. The Kier molecular flexibility index (Phi) is 7.27. The SMILES string of the molecule is COCOc1ccccc1C1CCCCN1C(c1ccccc1)(c1ccccc1)c1ccccc1. The van der Waals surface area contributed by atoms with Crippen LogP contribution in [0.3, 0.4) is 0 Å². The van der Waals surface area contributed by atoms with Gasteiger partial charge in [-0.05, 0) is 35.6 Å². The summed E-state index contributed by atoms with van der Waals surface area (Å²) in [5.74, 6) is 0.898. The van der Waals surface area contributed by atoms with E-state index in [1.807, 2.05) is 6.07 Å². The first-order chi connectivity index (χ1) is 17.4. The molecule has 0 saturated carbocycles. The molecule has 0 aliphatic carbocycles. The van der Waals surface area contributed by atoms with Gasteiger partial charge in [0.25, 0.3) is 0 Å². The van der Waals surface area contributed by atoms with Crippen LogP contribution in [0.25, 0.3) is 0 Å². The van der Waals surface area contributed by atoms with Gasteiger partial charge in [-0.1, -0.05) is 116 Å². The molecule has 3 nitrogen and oxygen atoms in total. The fraction of sp³-hybridized carbons (Fsp3) is 0.250. The number of ether oxygens (including phenoxy) is 2. The summed E-state index contributed by atoms with van der Waals surface area (Å²) in [6.45, 7) is 1.23. The van der Waals surface area contributed by atoms with Crippen molar-refractivity contribution in [3.05, 3.63) is 138 Å². The van der Waals surface area contributed by atoms with Gasteiger partial charge in [0.2, 0.25) is 0 Å². The molecule has 0 spiro atoms. The van der Waals surface area contributed by atoms with E-state index in [1.54, 1.807) is 7.11 Å². The number of para-hydroxylation sites is 1. The number of likely N-dealkylation sites (tertiary alicyclic amines) is 1. The van der Waals surface area contributed by atoms with Gasteiger partial charge in [0, 0.05) is 25.3 Å². The van der Waals surface area contributed by atoms with Gasteiger partial charge in [-0.3, -0.25) is 4.90 Å². The zero-order valence-electron chi connectivity index (χ0n) is 20.3. The molecule has 4 aromatic carbocycles. The highest BCUT2D eigenvalue weighted by atomic mass is 16.7. The number of benzene rings is 4. The highest BCUT2D eigenvalue weighted by Crippen LogP contribution is 2.50. The van der Waals surface area contributed by atoms with Crippen LogP contribution < -0.4 is 4.74 Å². The number of rotatable bonds is 8. The number of methoxy groups -OCH3 is 1. The Bertz CT molecular complexity index is 1100. The molecule has 1 saturated heterocycles. The molecule has 1 fully saturated rings. The second-order valence-electron chi connectivity index (χ2n) is 9.10. The Morgan fingerprint density at radius 1 is 0.686 bits per heavy atom. The molecule has 5 rings (SSSR count). The average molecular weight is 464 g/mol. The lowest BCUT2D eigenvalue weighted by Gasteiger charge is -2.51. The third kappa shape index (κ3) is 4.50. The highest BCUT2D eigenvalue weighted by molar-refractivity contribution is 5.51. The predicted octanol–water partition coefficient (Wildman–Crippen LogP) is 7.19. The van der Waals surface area contributed by atoms with E-state index in [4.69, 9.17) is 9.47 Å². The third-order valence-electron chi connectivity index (χ3n) is 7.12. The minimum Gasteiger partial charge on any atom is -0.467 e. The first kappa shape index (κ1) is 23.3. The third-order valence-corrected chi connectivity index (χ3v) is 7.12. The van der Waals surface area contributed by atoms with Crippen molar-refractivity contribution in [1.82, 2.24) is 4.90 Å². The zero-order valence-corrected chi connectivity index (χ0v) is 20.3. The topological polar surface area (TPSA) is 21.7 Å². The van der Waals surface area contributed by atoms with Gasteiger partial charge >= 0.3 is 0 Å². The van der Waals surface area contributed by atoms with Gasteiger partial charge in [-0.25, -0.2) is 0 Å². The minimum absolute atomic E-state index is 0.192. The lowest BCUT2D eigenvalue weighted by Crippen LogP contribution is -2.51. The molecule has 1 aliphatic heterocycles. The van der Waals surface area contributed by atoms with Crippen molar-refractivity contribution in [1.29, 1.82) is 0 Å². The standard InChI is InChI=1S/C32H33NO2/c1-34-25-35-31-23-12-11-21-29(31)30-22-13-14-24-33(30)32(26-15-5-2-6-16-26,27-17-7-3-8-18-27)28-19-9-4-10-20-28/h2-12,15-21,23,30H,13-14,22,24-25H2,1H3. The highest BCUT2D eigenvalue weighted by Gasteiger charge is 2.46. The number of piperidine rings is 1. The van der Waals surface area contributed by atoms with E-state index in [1.165, 1.54) is 28.7 Å². The van der Waals surface area contributed by atoms with Crippen molar-refractivity contribution in [3.8, 4) is 5.75 Å². The van der Waals surface area contributed by atoms with Crippen LogP contribution in [0.1, 0.15) is 47.6 Å². The van der Waals surface area contributed by atoms with Crippen LogP contribution in [0.5, 0.6) is 5.75 Å². The van der Waals surface area contributed by atoms with E-state index in [0.29, 0.717) is 0 Å². The summed E-state index contributed by atoms with van der Waals surface area (Å²) in [5.41, 5.74) is 4.61. The zero-order chi connectivity index (χ0) is 23.9. The minimum atomic E-state index is -0.441. The van der Waals surface area contributed by atoms with Gasteiger partial charge in [-0.2, -0.15) is 0 Å². The summed E-state index contributed by atoms with van der Waals surface area (Å²) in [4.78, 5) is 2.71. The summed E-state index contributed by atoms with van der Waals surface area (Å²) in [5, 5.41) is 0. The molecule has 0 radical (unpaired) electrons. The van der Waals surface area contributed by atoms with Crippen LogP contribution in [0.15, 0.2) is 115 Å². The summed E-state index contributed by atoms with van der Waals surface area (Å²) in [6, 6.07) is 41.6. The van der Waals surface area contributed by atoms with Crippen molar-refractivity contribution in [2.45, 2.75) is 30.8 Å². The second kappa shape index (κ2) is 10.9. The smallest absolute Gasteiger partial charge is 0.188 e. The van der Waals surface area contributed by atoms with Crippen molar-refractivity contribution < 1.29 is 9.47 Å². The molecule has 1 aliphatic rings. The molecule has 1 atom stereocenters. The average Bonchev–Trinajstić information content (AvgIpc) is 2.95. The Hall–Kier alpha value is -3.40. The van der Waals surface area contributed by atoms with E-state index in [-0.39, 0.29) is 12.8 Å². The second-order valence-corrected chi connectivity index (χ2v) is 9.10. The Morgan fingerprint density at radius 3 is 1.74 bits per heavy atom. The molecular formula is C32H33NO2. The first-order valence-corrected chi connectivity index (χ1v) is 12.5. The van der Waals surface area contributed by atoms with Crippen LogP contribution >= 0.6 is 0 Å². The first-order valence-electron chi connectivity index (χ1n) is 12.5. The van der Waals surface area contributed by atoms with E-state index in [0.717, 1.165) is 25.1 Å². The maximum absolute atomic E-state index is 6.07. The Balaban J connectivity index is 1.76. The van der Waals surface area contributed by atoms with Crippen molar-refractivity contribution in [2.24, 2.45) is 0 Å². The van der Waals surface area contributed by atoms with E-state index in [2.05, 4.69) is 114 Å². The van der Waals surface area contributed by atoms with Crippen LogP contribution in [0.4, 0.5) is 0 Å². The maximum atomic E-state index is 6.07. The fourth-order valence-electron chi connectivity index (χ4n) is 5.70. The van der Waals surface area contributed by atoms with Gasteiger partial charge in [-0.15, -0.1) is 0 Å². The van der Waals surface area contributed by atoms with Gasteiger partial charge in [0.15, 0.2) is 6.79 Å². The number of hydrogen-bond acceptors (Lipinski definition) is 3. The molecule has 1 unspecified atom stereocenters. The van der Waals surface area contributed by atoms with Crippen LogP contribution in [0.2, 0.25) is 0 Å². The predicted molar refractivity (Wildman–Crippen MR) is 141 cm³/mol. The monoisotopic (exact) mass is 463 g/mol. The summed E-state index contributed by atoms with van der Waals surface area (Å²) in [7, 11) is 1.67. The molecule has 178 valence electrons. The van der Waals surface area contributed by atoms with Gasteiger partial charge in [0.1, 0.15) is 5.75 Å². The Morgan fingerprint density at radius 2 is 1.20 bits per heavy atom. The molecule has 4 aromatic rings. The Labute approximate surface area is 209 Å². The molecule has 1 heterocycles. The van der Waals surface area contributed by atoms with E-state index >= 15 is 0 Å². The molecule has 3 heteroatoms. The van der Waals surface area contributed by atoms with E-state index in [9.17, 15) is 0 Å². The number of nitrogens with zero attached hydrogens (tertiary/aromatic N) is 1. The normalized spacial score (nSPS) is 16.7. The lowest BCUT2D eigenvalue weighted by molar-refractivity contribution is 0.0408.